The SMILES string of the molecule is CN(C)c1nc2c(c(=O)[nH]1)CCCCC2. The van der Waals surface area contributed by atoms with E-state index >= 15 is 0 Å². The summed E-state index contributed by atoms with van der Waals surface area (Å²) >= 11 is 0. The van der Waals surface area contributed by atoms with Crippen LogP contribution in [0.5, 0.6) is 0 Å². The van der Waals surface area contributed by atoms with E-state index in [9.17, 15) is 4.79 Å². The maximum absolute atomic E-state index is 11.8. The Bertz CT molecular complexity index is 409. The Kier molecular flexibility index (Phi) is 2.75. The summed E-state index contributed by atoms with van der Waals surface area (Å²) in [4.78, 5) is 21.0. The minimum absolute atomic E-state index is 0.0469. The molecule has 1 aromatic rings. The minimum Gasteiger partial charge on any atom is -0.348 e. The predicted molar refractivity (Wildman–Crippen MR) is 60.4 cm³/mol. The number of rotatable bonds is 1. The van der Waals surface area contributed by atoms with Crippen LogP contribution in [-0.4, -0.2) is 24.1 Å². The highest BCUT2D eigenvalue weighted by Crippen LogP contribution is 2.16. The van der Waals surface area contributed by atoms with E-state index < -0.39 is 0 Å². The van der Waals surface area contributed by atoms with Crippen LogP contribution >= 0.6 is 0 Å². The van der Waals surface area contributed by atoms with Crippen LogP contribution < -0.4 is 10.5 Å². The van der Waals surface area contributed by atoms with E-state index in [1.54, 1.807) is 0 Å². The van der Waals surface area contributed by atoms with Gasteiger partial charge < -0.3 is 4.90 Å². The van der Waals surface area contributed by atoms with Crippen molar-refractivity contribution in [3.8, 4) is 0 Å². The molecule has 0 aliphatic heterocycles. The lowest BCUT2D eigenvalue weighted by molar-refractivity contribution is 0.708. The Morgan fingerprint density at radius 3 is 2.67 bits per heavy atom. The molecular weight excluding hydrogens is 190 g/mol. The van der Waals surface area contributed by atoms with E-state index in [1.165, 1.54) is 6.42 Å². The van der Waals surface area contributed by atoms with Crippen LogP contribution in [0.4, 0.5) is 5.95 Å². The lowest BCUT2D eigenvalue weighted by atomic mass is 10.1. The third-order valence-electron chi connectivity index (χ3n) is 2.85. The second-order valence-corrected chi connectivity index (χ2v) is 4.27. The molecule has 0 unspecified atom stereocenters. The van der Waals surface area contributed by atoms with Crippen LogP contribution in [0.3, 0.4) is 0 Å². The summed E-state index contributed by atoms with van der Waals surface area (Å²) in [5.41, 5.74) is 1.95. The van der Waals surface area contributed by atoms with Crippen molar-refractivity contribution in [2.45, 2.75) is 32.1 Å². The van der Waals surface area contributed by atoms with Crippen molar-refractivity contribution < 1.29 is 0 Å². The first-order chi connectivity index (χ1) is 7.18. The third kappa shape index (κ3) is 2.03. The molecule has 0 bridgehead atoms. The van der Waals surface area contributed by atoms with Gasteiger partial charge in [-0.15, -0.1) is 0 Å². The van der Waals surface area contributed by atoms with Gasteiger partial charge in [-0.05, 0) is 25.7 Å². The third-order valence-corrected chi connectivity index (χ3v) is 2.85. The molecule has 0 aromatic carbocycles. The largest absolute Gasteiger partial charge is 0.348 e. The number of aromatic amines is 1. The van der Waals surface area contributed by atoms with Crippen molar-refractivity contribution in [1.82, 2.24) is 9.97 Å². The number of hydrogen-bond donors (Lipinski definition) is 1. The first kappa shape index (κ1) is 10.2. The molecule has 0 amide bonds. The summed E-state index contributed by atoms with van der Waals surface area (Å²) in [6.45, 7) is 0. The van der Waals surface area contributed by atoms with Gasteiger partial charge in [-0.2, -0.15) is 0 Å². The second kappa shape index (κ2) is 4.04. The molecule has 0 atom stereocenters. The zero-order chi connectivity index (χ0) is 10.8. The first-order valence-electron chi connectivity index (χ1n) is 5.48. The zero-order valence-corrected chi connectivity index (χ0v) is 9.34. The van der Waals surface area contributed by atoms with Gasteiger partial charge in [-0.25, -0.2) is 4.98 Å². The van der Waals surface area contributed by atoms with E-state index in [0.717, 1.165) is 36.9 Å². The highest BCUT2D eigenvalue weighted by atomic mass is 16.1. The molecule has 4 heteroatoms. The molecule has 0 radical (unpaired) electrons. The fourth-order valence-electron chi connectivity index (χ4n) is 1.98. The van der Waals surface area contributed by atoms with Crippen LogP contribution in [0, 0.1) is 0 Å². The molecular formula is C11H17N3O. The molecule has 1 aliphatic carbocycles. The average Bonchev–Trinajstić information content (AvgIpc) is 2.42. The standard InChI is InChI=1S/C11H17N3O/c1-14(2)11-12-9-7-5-3-4-6-8(9)10(15)13-11/h3-7H2,1-2H3,(H,12,13,15). The summed E-state index contributed by atoms with van der Waals surface area (Å²) in [7, 11) is 3.78. The van der Waals surface area contributed by atoms with Gasteiger partial charge in [0.05, 0.1) is 5.69 Å². The van der Waals surface area contributed by atoms with Crippen molar-refractivity contribution >= 4 is 5.95 Å². The van der Waals surface area contributed by atoms with Crippen molar-refractivity contribution in [3.63, 3.8) is 0 Å². The van der Waals surface area contributed by atoms with Crippen LogP contribution in [0.1, 0.15) is 30.5 Å². The molecule has 1 aliphatic rings. The molecule has 0 fully saturated rings. The maximum atomic E-state index is 11.8. The number of fused-ring (bicyclic) bond motifs is 1. The van der Waals surface area contributed by atoms with Gasteiger partial charge in [0.2, 0.25) is 5.95 Å². The number of nitrogens with zero attached hydrogens (tertiary/aromatic N) is 2. The van der Waals surface area contributed by atoms with Crippen molar-refractivity contribution in [2.24, 2.45) is 0 Å². The topological polar surface area (TPSA) is 49.0 Å². The number of aryl methyl sites for hydroxylation is 1. The van der Waals surface area contributed by atoms with Gasteiger partial charge in [0.25, 0.3) is 5.56 Å². The highest BCUT2D eigenvalue weighted by Gasteiger charge is 2.14. The van der Waals surface area contributed by atoms with Gasteiger partial charge in [0.1, 0.15) is 0 Å². The van der Waals surface area contributed by atoms with Gasteiger partial charge in [0, 0.05) is 19.7 Å². The number of hydrogen-bond acceptors (Lipinski definition) is 3. The van der Waals surface area contributed by atoms with Crippen LogP contribution in [-0.2, 0) is 12.8 Å². The summed E-state index contributed by atoms with van der Waals surface area (Å²) < 4.78 is 0. The fourth-order valence-corrected chi connectivity index (χ4v) is 1.98. The summed E-state index contributed by atoms with van der Waals surface area (Å²) in [5.74, 6) is 0.667. The molecule has 82 valence electrons. The molecule has 0 spiro atoms. The van der Waals surface area contributed by atoms with Crippen molar-refractivity contribution in [2.75, 3.05) is 19.0 Å². The van der Waals surface area contributed by atoms with Crippen LogP contribution in [0.2, 0.25) is 0 Å². The monoisotopic (exact) mass is 207 g/mol. The smallest absolute Gasteiger partial charge is 0.255 e. The molecule has 1 N–H and O–H groups in total. The molecule has 0 saturated carbocycles. The zero-order valence-electron chi connectivity index (χ0n) is 9.34. The Morgan fingerprint density at radius 1 is 1.20 bits per heavy atom. The lowest BCUT2D eigenvalue weighted by Crippen LogP contribution is -2.23. The molecule has 0 saturated heterocycles. The minimum atomic E-state index is 0.0469. The van der Waals surface area contributed by atoms with E-state index in [1.807, 2.05) is 19.0 Å². The predicted octanol–water partition coefficient (Wildman–Crippen LogP) is 1.10. The summed E-state index contributed by atoms with van der Waals surface area (Å²) in [6.07, 6.45) is 5.29. The number of H-pyrrole nitrogens is 1. The quantitative estimate of drug-likeness (QED) is 0.702. The molecule has 2 rings (SSSR count). The normalized spacial score (nSPS) is 15.6. The van der Waals surface area contributed by atoms with E-state index in [0.29, 0.717) is 5.95 Å². The van der Waals surface area contributed by atoms with E-state index in [4.69, 9.17) is 0 Å². The van der Waals surface area contributed by atoms with E-state index in [-0.39, 0.29) is 5.56 Å². The highest BCUT2D eigenvalue weighted by molar-refractivity contribution is 5.31. The summed E-state index contributed by atoms with van der Waals surface area (Å²) in [6, 6.07) is 0. The number of anilines is 1. The van der Waals surface area contributed by atoms with Crippen molar-refractivity contribution in [1.29, 1.82) is 0 Å². The van der Waals surface area contributed by atoms with Crippen LogP contribution in [0.25, 0.3) is 0 Å². The Labute approximate surface area is 89.3 Å². The van der Waals surface area contributed by atoms with Crippen LogP contribution in [0.15, 0.2) is 4.79 Å². The maximum Gasteiger partial charge on any atom is 0.255 e. The Morgan fingerprint density at radius 2 is 1.93 bits per heavy atom. The van der Waals surface area contributed by atoms with Gasteiger partial charge in [-0.3, -0.25) is 9.78 Å². The Hall–Kier alpha value is -1.32. The summed E-state index contributed by atoms with van der Waals surface area (Å²) in [5, 5.41) is 0. The molecule has 1 heterocycles. The van der Waals surface area contributed by atoms with Gasteiger partial charge in [-0.1, -0.05) is 6.42 Å². The lowest BCUT2D eigenvalue weighted by Gasteiger charge is -2.13. The molecule has 4 nitrogen and oxygen atoms in total. The number of nitrogens with one attached hydrogen (secondary N) is 1. The van der Waals surface area contributed by atoms with Gasteiger partial charge >= 0.3 is 0 Å². The second-order valence-electron chi connectivity index (χ2n) is 4.27. The molecule has 1 aromatic heterocycles. The average molecular weight is 207 g/mol. The molecule has 15 heavy (non-hydrogen) atoms. The number of aromatic nitrogens is 2. The Balaban J connectivity index is 2.49. The first-order valence-corrected chi connectivity index (χ1v) is 5.48. The van der Waals surface area contributed by atoms with Gasteiger partial charge in [0.15, 0.2) is 0 Å². The van der Waals surface area contributed by atoms with E-state index in [2.05, 4.69) is 9.97 Å². The van der Waals surface area contributed by atoms with Crippen molar-refractivity contribution in [3.05, 3.63) is 21.6 Å². The fraction of sp³-hybridized carbons (Fsp3) is 0.636.